The maximum atomic E-state index is 15.9. The van der Waals surface area contributed by atoms with E-state index in [0.29, 0.717) is 24.2 Å². The summed E-state index contributed by atoms with van der Waals surface area (Å²) in [4.78, 5) is 41.8. The molecule has 3 atom stereocenters. The van der Waals surface area contributed by atoms with Crippen LogP contribution in [0.2, 0.25) is 0 Å². The lowest BCUT2D eigenvalue weighted by Gasteiger charge is -2.30. The monoisotopic (exact) mass is 572 g/mol. The lowest BCUT2D eigenvalue weighted by atomic mass is 9.88. The van der Waals surface area contributed by atoms with Crippen LogP contribution in [-0.2, 0) is 22.2 Å². The van der Waals surface area contributed by atoms with Crippen LogP contribution in [0.25, 0.3) is 0 Å². The number of hydrogen-bond donors (Lipinski definition) is 1. The van der Waals surface area contributed by atoms with Gasteiger partial charge in [0.15, 0.2) is 5.78 Å². The summed E-state index contributed by atoms with van der Waals surface area (Å²) in [5.41, 5.74) is -0.759. The number of nitrogens with one attached hydrogen (secondary N) is 1. The first kappa shape index (κ1) is 29.9. The zero-order valence-corrected chi connectivity index (χ0v) is 22.4. The molecule has 0 aliphatic carbocycles. The number of nitrogens with zero attached hydrogens (tertiary/aromatic N) is 1. The fraction of sp³-hybridized carbons (Fsp3) is 0.323. The van der Waals surface area contributed by atoms with E-state index >= 15 is 4.39 Å². The average Bonchev–Trinajstić information content (AvgIpc) is 3.07. The molecule has 3 aromatic carbocycles. The summed E-state index contributed by atoms with van der Waals surface area (Å²) in [6, 6.07) is 15.0. The summed E-state index contributed by atoms with van der Waals surface area (Å²) >= 11 is 0. The molecule has 4 rings (SSSR count). The van der Waals surface area contributed by atoms with Gasteiger partial charge in [-0.3, -0.25) is 14.4 Å². The number of halogens is 5. The smallest absolute Gasteiger partial charge is 0.344 e. The largest absolute Gasteiger partial charge is 0.417 e. The minimum absolute atomic E-state index is 0.0407. The molecule has 1 aliphatic rings. The number of rotatable bonds is 8. The van der Waals surface area contributed by atoms with E-state index in [1.807, 2.05) is 26.0 Å². The van der Waals surface area contributed by atoms with Gasteiger partial charge >= 0.3 is 6.18 Å². The van der Waals surface area contributed by atoms with Crippen molar-refractivity contribution < 1.29 is 36.3 Å². The number of fused-ring (bicyclic) bond motifs is 1. The SMILES string of the molecule is CC(C)N1C(=O)[C@H](NC(=O)C(CC(=O)c2ccc(F)cc2C(F)(F)F)C(F)c2ccccc2)CCc2ccccc21. The highest BCUT2D eigenvalue weighted by atomic mass is 19.4. The van der Waals surface area contributed by atoms with Gasteiger partial charge in [-0.1, -0.05) is 48.5 Å². The molecular weight excluding hydrogens is 543 g/mol. The Hall–Kier alpha value is -4.08. The Balaban J connectivity index is 1.65. The van der Waals surface area contributed by atoms with Crippen LogP contribution in [0.5, 0.6) is 0 Å². The molecule has 41 heavy (non-hydrogen) atoms. The van der Waals surface area contributed by atoms with E-state index in [0.717, 1.165) is 5.56 Å². The van der Waals surface area contributed by atoms with Crippen LogP contribution in [-0.4, -0.2) is 29.7 Å². The summed E-state index contributed by atoms with van der Waals surface area (Å²) in [5, 5.41) is 2.59. The number of Topliss-reactive ketones (excluding diaryl/α,β-unsaturated/α-hetero) is 1. The molecule has 2 unspecified atom stereocenters. The zero-order chi connectivity index (χ0) is 29.9. The van der Waals surface area contributed by atoms with Gasteiger partial charge in [0.2, 0.25) is 11.8 Å². The second kappa shape index (κ2) is 12.2. The van der Waals surface area contributed by atoms with Gasteiger partial charge in [-0.2, -0.15) is 13.2 Å². The molecule has 1 heterocycles. The molecule has 0 fully saturated rings. The quantitative estimate of drug-likeness (QED) is 0.244. The highest BCUT2D eigenvalue weighted by molar-refractivity contribution is 6.03. The van der Waals surface area contributed by atoms with Crippen molar-refractivity contribution in [3.63, 3.8) is 0 Å². The van der Waals surface area contributed by atoms with Gasteiger partial charge < -0.3 is 10.2 Å². The Morgan fingerprint density at radius 2 is 1.66 bits per heavy atom. The van der Waals surface area contributed by atoms with E-state index in [4.69, 9.17) is 0 Å². The molecule has 10 heteroatoms. The predicted molar refractivity (Wildman–Crippen MR) is 143 cm³/mol. The van der Waals surface area contributed by atoms with Crippen LogP contribution in [0.4, 0.5) is 27.6 Å². The molecule has 216 valence electrons. The van der Waals surface area contributed by atoms with Crippen molar-refractivity contribution >= 4 is 23.3 Å². The molecule has 0 saturated heterocycles. The lowest BCUT2D eigenvalue weighted by molar-refractivity contribution is -0.138. The Morgan fingerprint density at radius 1 is 1.00 bits per heavy atom. The van der Waals surface area contributed by atoms with E-state index in [1.54, 1.807) is 23.1 Å². The maximum Gasteiger partial charge on any atom is 0.417 e. The van der Waals surface area contributed by atoms with Gasteiger partial charge in [-0.15, -0.1) is 0 Å². The number of anilines is 1. The molecule has 5 nitrogen and oxygen atoms in total. The van der Waals surface area contributed by atoms with E-state index in [1.165, 1.54) is 24.3 Å². The fourth-order valence-electron chi connectivity index (χ4n) is 5.11. The van der Waals surface area contributed by atoms with Crippen molar-refractivity contribution in [2.24, 2.45) is 5.92 Å². The first-order chi connectivity index (χ1) is 19.4. The number of benzene rings is 3. The molecular formula is C31H29F5N2O3. The van der Waals surface area contributed by atoms with Crippen LogP contribution < -0.4 is 10.2 Å². The fourth-order valence-corrected chi connectivity index (χ4v) is 5.11. The Labute approximate surface area is 234 Å². The van der Waals surface area contributed by atoms with Crippen molar-refractivity contribution in [3.8, 4) is 0 Å². The van der Waals surface area contributed by atoms with Crippen molar-refractivity contribution in [3.05, 3.63) is 101 Å². The second-order valence-corrected chi connectivity index (χ2v) is 10.3. The van der Waals surface area contributed by atoms with E-state index in [2.05, 4.69) is 5.32 Å². The van der Waals surface area contributed by atoms with Crippen molar-refractivity contribution in [1.29, 1.82) is 0 Å². The molecule has 0 aromatic heterocycles. The molecule has 1 N–H and O–H groups in total. The van der Waals surface area contributed by atoms with Gasteiger partial charge in [0.05, 0.1) is 11.5 Å². The molecule has 1 aliphatic heterocycles. The number of carbonyl (C=O) groups excluding carboxylic acids is 3. The topological polar surface area (TPSA) is 66.5 Å². The first-order valence-electron chi connectivity index (χ1n) is 13.2. The summed E-state index contributed by atoms with van der Waals surface area (Å²) in [5.74, 6) is -5.55. The molecule has 2 amide bonds. The molecule has 0 bridgehead atoms. The first-order valence-corrected chi connectivity index (χ1v) is 13.2. The van der Waals surface area contributed by atoms with Crippen molar-refractivity contribution in [1.82, 2.24) is 5.32 Å². The third kappa shape index (κ3) is 6.64. The maximum absolute atomic E-state index is 15.9. The highest BCUT2D eigenvalue weighted by Gasteiger charge is 2.40. The number of amides is 2. The van der Waals surface area contributed by atoms with Gasteiger partial charge in [0, 0.05) is 23.7 Å². The predicted octanol–water partition coefficient (Wildman–Crippen LogP) is 6.62. The van der Waals surface area contributed by atoms with Crippen molar-refractivity contribution in [2.75, 3.05) is 4.90 Å². The normalized spacial score (nSPS) is 17.0. The minimum Gasteiger partial charge on any atom is -0.344 e. The van der Waals surface area contributed by atoms with Crippen LogP contribution in [0, 0.1) is 11.7 Å². The third-order valence-electron chi connectivity index (χ3n) is 7.12. The molecule has 3 aromatic rings. The second-order valence-electron chi connectivity index (χ2n) is 10.3. The Morgan fingerprint density at radius 3 is 2.32 bits per heavy atom. The van der Waals surface area contributed by atoms with Crippen LogP contribution >= 0.6 is 0 Å². The summed E-state index contributed by atoms with van der Waals surface area (Å²) < 4.78 is 70.3. The molecule has 0 spiro atoms. The van der Waals surface area contributed by atoms with E-state index in [9.17, 15) is 31.9 Å². The van der Waals surface area contributed by atoms with Crippen LogP contribution in [0.1, 0.15) is 59.9 Å². The highest BCUT2D eigenvalue weighted by Crippen LogP contribution is 2.36. The van der Waals surface area contributed by atoms with Crippen molar-refractivity contribution in [2.45, 2.75) is 57.5 Å². The minimum atomic E-state index is -5.05. The number of alkyl halides is 4. The van der Waals surface area contributed by atoms with E-state index < -0.39 is 65.3 Å². The molecule has 0 saturated carbocycles. The van der Waals surface area contributed by atoms with E-state index in [-0.39, 0.29) is 24.1 Å². The van der Waals surface area contributed by atoms with Gasteiger partial charge in [0.1, 0.15) is 18.0 Å². The summed E-state index contributed by atoms with van der Waals surface area (Å²) in [6.07, 6.45) is -7.44. The average molecular weight is 573 g/mol. The number of hydrogen-bond acceptors (Lipinski definition) is 3. The number of ketones is 1. The molecule has 0 radical (unpaired) electrons. The summed E-state index contributed by atoms with van der Waals surface area (Å²) in [6.45, 7) is 3.63. The number of carbonyl (C=O) groups is 3. The van der Waals surface area contributed by atoms with Crippen LogP contribution in [0.15, 0.2) is 72.8 Å². The van der Waals surface area contributed by atoms with Crippen LogP contribution in [0.3, 0.4) is 0 Å². The number of aryl methyl sites for hydroxylation is 1. The van der Waals surface area contributed by atoms with Gasteiger partial charge in [-0.05, 0) is 62.1 Å². The third-order valence-corrected chi connectivity index (χ3v) is 7.12. The standard InChI is InChI=1S/C31H29F5N2O3/c1-18(2)38-26-11-7-6-8-19(26)12-15-25(30(38)41)37-29(40)23(28(33)20-9-4-3-5-10-20)17-27(39)22-14-13-21(32)16-24(22)31(34,35)36/h3-11,13-14,16,18,23,25,28H,12,15,17H2,1-2H3,(H,37,40)/t23?,25-,28?/m1/s1. The zero-order valence-electron chi connectivity index (χ0n) is 22.4. The lowest BCUT2D eigenvalue weighted by Crippen LogP contribution is -2.52. The Kier molecular flexibility index (Phi) is 8.89. The van der Waals surface area contributed by atoms with Gasteiger partial charge in [0.25, 0.3) is 0 Å². The summed E-state index contributed by atoms with van der Waals surface area (Å²) in [7, 11) is 0. The number of para-hydroxylation sites is 1. The Bertz CT molecular complexity index is 1420. The van der Waals surface area contributed by atoms with Gasteiger partial charge in [-0.25, -0.2) is 8.78 Å².